The molecule has 2 aliphatic rings. The number of allylic oxidation sites excluding steroid dienone is 4. The summed E-state index contributed by atoms with van der Waals surface area (Å²) in [5, 5.41) is 20.3. The van der Waals surface area contributed by atoms with Crippen LogP contribution in [-0.4, -0.2) is 28.1 Å². The first-order chi connectivity index (χ1) is 11.9. The number of aliphatic hydroxyl groups excluding tert-OH is 1. The summed E-state index contributed by atoms with van der Waals surface area (Å²) < 4.78 is 0. The Labute approximate surface area is 149 Å². The minimum absolute atomic E-state index is 0.284. The maximum absolute atomic E-state index is 10.8. The van der Waals surface area contributed by atoms with E-state index >= 15 is 0 Å². The van der Waals surface area contributed by atoms with Gasteiger partial charge in [0, 0.05) is 53.0 Å². The quantitative estimate of drug-likeness (QED) is 0.825. The van der Waals surface area contributed by atoms with E-state index in [1.807, 2.05) is 32.9 Å². The van der Waals surface area contributed by atoms with Crippen LogP contribution < -0.4 is 0 Å². The third-order valence-corrected chi connectivity index (χ3v) is 5.66. The fraction of sp³-hybridized carbons (Fsp3) is 0.429. The number of nitrogens with zero attached hydrogens (tertiary/aromatic N) is 3. The van der Waals surface area contributed by atoms with Gasteiger partial charge in [0.2, 0.25) is 0 Å². The van der Waals surface area contributed by atoms with Gasteiger partial charge in [-0.15, -0.1) is 0 Å². The Morgan fingerprint density at radius 2 is 2.04 bits per heavy atom. The summed E-state index contributed by atoms with van der Waals surface area (Å²) in [6, 6.07) is 6.59. The van der Waals surface area contributed by atoms with Crippen LogP contribution in [0.1, 0.15) is 44.9 Å². The number of aryl methyl sites for hydroxylation is 1. The van der Waals surface area contributed by atoms with E-state index in [1.54, 1.807) is 6.20 Å². The average molecular weight is 335 g/mol. The maximum Gasteiger partial charge on any atom is 0.133 e. The number of nitriles is 1. The molecule has 2 aliphatic carbocycles. The molecule has 0 aliphatic heterocycles. The van der Waals surface area contributed by atoms with Gasteiger partial charge in [0.1, 0.15) is 5.76 Å². The van der Waals surface area contributed by atoms with Crippen LogP contribution in [0.2, 0.25) is 0 Å². The molecule has 2 atom stereocenters. The highest BCUT2D eigenvalue weighted by Gasteiger charge is 2.37. The molecule has 1 aromatic rings. The second-order valence-corrected chi connectivity index (χ2v) is 7.21. The lowest BCUT2D eigenvalue weighted by atomic mass is 9.75. The van der Waals surface area contributed by atoms with Gasteiger partial charge in [-0.25, -0.2) is 0 Å². The number of aromatic nitrogens is 1. The normalized spacial score (nSPS) is 26.4. The summed E-state index contributed by atoms with van der Waals surface area (Å²) in [4.78, 5) is 6.49. The van der Waals surface area contributed by atoms with Crippen molar-refractivity contribution >= 4 is 5.57 Å². The van der Waals surface area contributed by atoms with Crippen molar-refractivity contribution in [2.24, 2.45) is 5.92 Å². The Balaban J connectivity index is 2.11. The molecule has 25 heavy (non-hydrogen) atoms. The lowest BCUT2D eigenvalue weighted by molar-refractivity contribution is 0.125. The molecule has 0 radical (unpaired) electrons. The summed E-state index contributed by atoms with van der Waals surface area (Å²) in [6.07, 6.45) is 4.17. The van der Waals surface area contributed by atoms with Crippen LogP contribution in [-0.2, 0) is 0 Å². The fourth-order valence-corrected chi connectivity index (χ4v) is 3.84. The number of aliphatic hydroxyl groups is 1. The van der Waals surface area contributed by atoms with Crippen molar-refractivity contribution in [1.82, 2.24) is 9.88 Å². The van der Waals surface area contributed by atoms with E-state index < -0.39 is 0 Å². The van der Waals surface area contributed by atoms with E-state index in [0.717, 1.165) is 33.7 Å². The molecule has 1 saturated carbocycles. The molecule has 1 heterocycles. The molecule has 4 heteroatoms. The fourth-order valence-electron chi connectivity index (χ4n) is 3.84. The summed E-state index contributed by atoms with van der Waals surface area (Å²) in [5.41, 5.74) is 5.90. The molecule has 0 spiro atoms. The van der Waals surface area contributed by atoms with Crippen LogP contribution >= 0.6 is 0 Å². The molecule has 2 unspecified atom stereocenters. The maximum atomic E-state index is 10.8. The van der Waals surface area contributed by atoms with Gasteiger partial charge in [0.05, 0.1) is 6.07 Å². The molecule has 130 valence electrons. The first-order valence-electron chi connectivity index (χ1n) is 8.78. The van der Waals surface area contributed by atoms with Crippen LogP contribution in [0.25, 0.3) is 5.57 Å². The highest BCUT2D eigenvalue weighted by atomic mass is 16.3. The topological polar surface area (TPSA) is 60.1 Å². The van der Waals surface area contributed by atoms with Gasteiger partial charge in [0.25, 0.3) is 0 Å². The highest BCUT2D eigenvalue weighted by molar-refractivity contribution is 5.98. The number of rotatable bonds is 3. The van der Waals surface area contributed by atoms with E-state index in [0.29, 0.717) is 17.5 Å². The third-order valence-electron chi connectivity index (χ3n) is 5.66. The van der Waals surface area contributed by atoms with Crippen molar-refractivity contribution in [2.45, 2.75) is 46.6 Å². The van der Waals surface area contributed by atoms with Gasteiger partial charge >= 0.3 is 0 Å². The standard InChI is InChI=1S/C21H25N3O/c1-12-6-7-17(12)24(5)15(4)19-18(13(2)11-22)20(21(19)25)16-8-9-23-14(3)10-16/h8-10,12,17,25H,6-7H2,1-5H3/b18-13-,19-15-. The predicted molar refractivity (Wildman–Crippen MR) is 99.5 cm³/mol. The molecular formula is C21H25N3O. The second kappa shape index (κ2) is 6.40. The first-order valence-corrected chi connectivity index (χ1v) is 8.78. The Morgan fingerprint density at radius 1 is 1.32 bits per heavy atom. The van der Waals surface area contributed by atoms with E-state index in [4.69, 9.17) is 0 Å². The summed E-state index contributed by atoms with van der Waals surface area (Å²) in [5.74, 6) is 0.949. The third kappa shape index (κ3) is 2.74. The molecule has 0 amide bonds. The van der Waals surface area contributed by atoms with Crippen molar-refractivity contribution in [3.05, 3.63) is 57.8 Å². The van der Waals surface area contributed by atoms with Crippen LogP contribution in [0.3, 0.4) is 0 Å². The van der Waals surface area contributed by atoms with Gasteiger partial charge in [-0.2, -0.15) is 5.26 Å². The van der Waals surface area contributed by atoms with E-state index in [-0.39, 0.29) is 5.76 Å². The first kappa shape index (κ1) is 17.3. The van der Waals surface area contributed by atoms with Gasteiger partial charge in [-0.05, 0) is 57.2 Å². The predicted octanol–water partition coefficient (Wildman–Crippen LogP) is 4.52. The van der Waals surface area contributed by atoms with Crippen LogP contribution in [0, 0.1) is 24.2 Å². The zero-order valence-electron chi connectivity index (χ0n) is 15.6. The molecule has 1 aromatic heterocycles. The Hall–Kier alpha value is -2.54. The highest BCUT2D eigenvalue weighted by Crippen LogP contribution is 2.48. The number of hydrogen-bond donors (Lipinski definition) is 1. The van der Waals surface area contributed by atoms with Crippen LogP contribution in [0.4, 0.5) is 0 Å². The van der Waals surface area contributed by atoms with Gasteiger partial charge in [0.15, 0.2) is 0 Å². The van der Waals surface area contributed by atoms with Gasteiger partial charge in [-0.1, -0.05) is 6.92 Å². The lowest BCUT2D eigenvalue weighted by Crippen LogP contribution is -2.43. The molecular weight excluding hydrogens is 310 g/mol. The largest absolute Gasteiger partial charge is 0.507 e. The van der Waals surface area contributed by atoms with E-state index in [1.165, 1.54) is 12.8 Å². The van der Waals surface area contributed by atoms with Crippen LogP contribution in [0.15, 0.2) is 46.5 Å². The van der Waals surface area contributed by atoms with Crippen molar-refractivity contribution in [2.75, 3.05) is 7.05 Å². The molecule has 4 nitrogen and oxygen atoms in total. The van der Waals surface area contributed by atoms with E-state index in [9.17, 15) is 10.4 Å². The molecule has 3 rings (SSSR count). The number of pyridine rings is 1. The molecule has 0 saturated heterocycles. The Kier molecular flexibility index (Phi) is 4.43. The van der Waals surface area contributed by atoms with Gasteiger partial charge < -0.3 is 10.0 Å². The van der Waals surface area contributed by atoms with Crippen molar-refractivity contribution in [3.8, 4) is 6.07 Å². The zero-order valence-corrected chi connectivity index (χ0v) is 15.6. The molecule has 0 bridgehead atoms. The number of hydrogen-bond acceptors (Lipinski definition) is 4. The average Bonchev–Trinajstić information content (AvgIpc) is 2.57. The minimum atomic E-state index is 0.284. The Bertz CT molecular complexity index is 854. The second-order valence-electron chi connectivity index (χ2n) is 7.21. The minimum Gasteiger partial charge on any atom is -0.507 e. The van der Waals surface area contributed by atoms with Crippen molar-refractivity contribution < 1.29 is 5.11 Å². The lowest BCUT2D eigenvalue weighted by Gasteiger charge is -2.44. The zero-order chi connectivity index (χ0) is 18.3. The molecule has 1 fully saturated rings. The van der Waals surface area contributed by atoms with Crippen molar-refractivity contribution in [1.29, 1.82) is 5.26 Å². The monoisotopic (exact) mass is 335 g/mol. The SMILES string of the molecule is C/C(C#N)=C1C(c2ccnc(C)c2)=C(O)C/1=C(/C)N(C)C1CCC1C. The van der Waals surface area contributed by atoms with Crippen LogP contribution in [0.5, 0.6) is 0 Å². The molecule has 0 aromatic carbocycles. The Morgan fingerprint density at radius 3 is 2.56 bits per heavy atom. The summed E-state index contributed by atoms with van der Waals surface area (Å²) in [7, 11) is 2.09. The smallest absolute Gasteiger partial charge is 0.133 e. The summed E-state index contributed by atoms with van der Waals surface area (Å²) in [6.45, 7) is 8.04. The molecule has 1 N–H and O–H groups in total. The van der Waals surface area contributed by atoms with Gasteiger partial charge in [-0.3, -0.25) is 4.98 Å². The van der Waals surface area contributed by atoms with Crippen molar-refractivity contribution in [3.63, 3.8) is 0 Å². The summed E-state index contributed by atoms with van der Waals surface area (Å²) >= 11 is 0. The van der Waals surface area contributed by atoms with E-state index in [2.05, 4.69) is 29.9 Å².